The summed E-state index contributed by atoms with van der Waals surface area (Å²) in [5.41, 5.74) is 0.917. The summed E-state index contributed by atoms with van der Waals surface area (Å²) in [6, 6.07) is 9.49. The molecule has 0 radical (unpaired) electrons. The highest BCUT2D eigenvalue weighted by Crippen LogP contribution is 2.36. The van der Waals surface area contributed by atoms with Crippen molar-refractivity contribution in [3.8, 4) is 23.0 Å². The van der Waals surface area contributed by atoms with E-state index >= 15 is 0 Å². The number of hydrogen-bond donors (Lipinski definition) is 2. The lowest BCUT2D eigenvalue weighted by Crippen LogP contribution is -2.25. The number of phenolic OH excluding ortho intramolecular Hbond substituents is 1. The van der Waals surface area contributed by atoms with Crippen LogP contribution in [0.15, 0.2) is 36.4 Å². The van der Waals surface area contributed by atoms with Crippen LogP contribution in [-0.4, -0.2) is 36.2 Å². The van der Waals surface area contributed by atoms with Crippen LogP contribution in [0.2, 0.25) is 0 Å². The second-order valence-electron chi connectivity index (χ2n) is 6.42. The molecule has 0 saturated heterocycles. The number of aliphatic hydroxyl groups is 1. The van der Waals surface area contributed by atoms with Gasteiger partial charge in [-0.05, 0) is 42.8 Å². The molecular formula is C20H22O7. The van der Waals surface area contributed by atoms with Gasteiger partial charge in [-0.2, -0.15) is 0 Å². The molecule has 0 spiro atoms. The highest BCUT2D eigenvalue weighted by Gasteiger charge is 2.29. The maximum atomic E-state index is 12.7. The lowest BCUT2D eigenvalue weighted by Gasteiger charge is -2.27. The fourth-order valence-corrected chi connectivity index (χ4v) is 2.81. The first-order chi connectivity index (χ1) is 12.9. The third kappa shape index (κ3) is 3.93. The number of methoxy groups -OCH3 is 1. The molecule has 0 amide bonds. The molecule has 0 fully saturated rings. The second-order valence-corrected chi connectivity index (χ2v) is 6.42. The molecular weight excluding hydrogens is 352 g/mol. The van der Waals surface area contributed by atoms with Crippen LogP contribution in [-0.2, 0) is 4.74 Å². The van der Waals surface area contributed by atoms with Crippen LogP contribution in [0.1, 0.15) is 35.9 Å². The van der Waals surface area contributed by atoms with E-state index in [1.807, 2.05) is 0 Å². The van der Waals surface area contributed by atoms with Gasteiger partial charge in [0.1, 0.15) is 6.10 Å². The zero-order chi connectivity index (χ0) is 19.6. The Morgan fingerprint density at radius 1 is 1.11 bits per heavy atom. The van der Waals surface area contributed by atoms with Crippen LogP contribution in [0.25, 0.3) is 0 Å². The van der Waals surface area contributed by atoms with Gasteiger partial charge in [0.15, 0.2) is 23.0 Å². The summed E-state index contributed by atoms with van der Waals surface area (Å²) in [6.45, 7) is 3.52. The molecule has 0 bridgehead atoms. The molecule has 144 valence electrons. The number of phenols is 1. The maximum Gasteiger partial charge on any atom is 0.338 e. The van der Waals surface area contributed by atoms with Gasteiger partial charge < -0.3 is 29.2 Å². The molecule has 1 aliphatic rings. The molecule has 27 heavy (non-hydrogen) atoms. The SMILES string of the molecule is COc1cc([C@H](OC(=O)c2ccc3c(c2)OCO3)[C@H](C)C(C)O)ccc1O. The summed E-state index contributed by atoms with van der Waals surface area (Å²) in [6.07, 6.45) is -1.46. The van der Waals surface area contributed by atoms with Gasteiger partial charge in [-0.3, -0.25) is 0 Å². The van der Waals surface area contributed by atoms with Gasteiger partial charge >= 0.3 is 5.97 Å². The van der Waals surface area contributed by atoms with Crippen molar-refractivity contribution in [1.29, 1.82) is 0 Å². The quantitative estimate of drug-likeness (QED) is 0.751. The number of ether oxygens (including phenoxy) is 4. The Labute approximate surface area is 157 Å². The van der Waals surface area contributed by atoms with Crippen molar-refractivity contribution < 1.29 is 34.0 Å². The predicted molar refractivity (Wildman–Crippen MR) is 96.2 cm³/mol. The number of benzene rings is 2. The number of hydrogen-bond acceptors (Lipinski definition) is 7. The minimum absolute atomic E-state index is 0.0215. The fourth-order valence-electron chi connectivity index (χ4n) is 2.81. The van der Waals surface area contributed by atoms with Gasteiger partial charge in [0.05, 0.1) is 18.8 Å². The first-order valence-corrected chi connectivity index (χ1v) is 8.56. The standard InChI is InChI=1S/C20H22O7/c1-11(12(2)21)19(13-4-6-15(22)17(8-13)24-3)27-20(23)14-5-7-16-18(9-14)26-10-25-16/h4-9,11-12,19,21-22H,10H2,1-3H3/t11-,12?,19-/m1/s1. The van der Waals surface area contributed by atoms with Crippen molar-refractivity contribution in [2.75, 3.05) is 13.9 Å². The summed E-state index contributed by atoms with van der Waals surface area (Å²) in [5.74, 6) is 0.343. The zero-order valence-corrected chi connectivity index (χ0v) is 15.3. The molecule has 7 heteroatoms. The van der Waals surface area contributed by atoms with Gasteiger partial charge in [0, 0.05) is 5.92 Å². The molecule has 3 rings (SSSR count). The van der Waals surface area contributed by atoms with Crippen molar-refractivity contribution in [3.05, 3.63) is 47.5 Å². The Morgan fingerprint density at radius 2 is 1.85 bits per heavy atom. The van der Waals surface area contributed by atoms with E-state index in [0.717, 1.165) is 0 Å². The largest absolute Gasteiger partial charge is 0.504 e. The summed E-state index contributed by atoms with van der Waals surface area (Å²) in [7, 11) is 1.44. The summed E-state index contributed by atoms with van der Waals surface area (Å²) in [5, 5.41) is 19.8. The molecule has 2 aromatic rings. The van der Waals surface area contributed by atoms with Crippen LogP contribution in [0, 0.1) is 5.92 Å². The molecule has 2 N–H and O–H groups in total. The van der Waals surface area contributed by atoms with E-state index in [1.165, 1.54) is 13.2 Å². The number of aromatic hydroxyl groups is 1. The van der Waals surface area contributed by atoms with Crippen molar-refractivity contribution >= 4 is 5.97 Å². The number of fused-ring (bicyclic) bond motifs is 1. The van der Waals surface area contributed by atoms with E-state index in [9.17, 15) is 15.0 Å². The van der Waals surface area contributed by atoms with Gasteiger partial charge in [0.2, 0.25) is 6.79 Å². The molecule has 1 heterocycles. The number of carbonyl (C=O) groups is 1. The second kappa shape index (κ2) is 7.75. The summed E-state index contributed by atoms with van der Waals surface area (Å²) < 4.78 is 21.4. The van der Waals surface area contributed by atoms with Crippen molar-refractivity contribution in [1.82, 2.24) is 0 Å². The van der Waals surface area contributed by atoms with Crippen LogP contribution in [0.3, 0.4) is 0 Å². The third-order valence-corrected chi connectivity index (χ3v) is 4.61. The molecule has 1 aliphatic heterocycles. The monoisotopic (exact) mass is 374 g/mol. The van der Waals surface area contributed by atoms with Crippen LogP contribution in [0.5, 0.6) is 23.0 Å². The van der Waals surface area contributed by atoms with E-state index in [2.05, 4.69) is 0 Å². The first-order valence-electron chi connectivity index (χ1n) is 8.56. The minimum Gasteiger partial charge on any atom is -0.504 e. The Bertz CT molecular complexity index is 831. The molecule has 7 nitrogen and oxygen atoms in total. The lowest BCUT2D eigenvalue weighted by atomic mass is 9.92. The summed E-state index contributed by atoms with van der Waals surface area (Å²) >= 11 is 0. The Hall–Kier alpha value is -2.93. The smallest absolute Gasteiger partial charge is 0.338 e. The number of esters is 1. The van der Waals surface area contributed by atoms with Gasteiger partial charge in [-0.15, -0.1) is 0 Å². The number of aliphatic hydroxyl groups excluding tert-OH is 1. The Morgan fingerprint density at radius 3 is 2.56 bits per heavy atom. The Balaban J connectivity index is 1.88. The molecule has 3 atom stereocenters. The Kier molecular flexibility index (Phi) is 5.41. The van der Waals surface area contributed by atoms with Crippen LogP contribution < -0.4 is 14.2 Å². The average Bonchev–Trinajstić information content (AvgIpc) is 3.13. The first kappa shape index (κ1) is 18.8. The summed E-state index contributed by atoms with van der Waals surface area (Å²) in [4.78, 5) is 12.7. The molecule has 0 aromatic heterocycles. The average molecular weight is 374 g/mol. The lowest BCUT2D eigenvalue weighted by molar-refractivity contribution is -0.0103. The molecule has 2 aromatic carbocycles. The van der Waals surface area contributed by atoms with E-state index in [4.69, 9.17) is 18.9 Å². The van der Waals surface area contributed by atoms with E-state index in [-0.39, 0.29) is 18.3 Å². The van der Waals surface area contributed by atoms with Gasteiger partial charge in [-0.1, -0.05) is 13.0 Å². The van der Waals surface area contributed by atoms with Crippen LogP contribution in [0.4, 0.5) is 0 Å². The van der Waals surface area contributed by atoms with E-state index < -0.39 is 24.1 Å². The fraction of sp³-hybridized carbons (Fsp3) is 0.350. The normalized spacial score (nSPS) is 15.7. The zero-order valence-electron chi connectivity index (χ0n) is 15.3. The molecule has 0 aliphatic carbocycles. The number of carbonyl (C=O) groups excluding carboxylic acids is 1. The van der Waals surface area contributed by atoms with E-state index in [0.29, 0.717) is 22.6 Å². The predicted octanol–water partition coefficient (Wildman–Crippen LogP) is 3.04. The maximum absolute atomic E-state index is 12.7. The van der Waals surface area contributed by atoms with Gasteiger partial charge in [-0.25, -0.2) is 4.79 Å². The van der Waals surface area contributed by atoms with Crippen LogP contribution >= 0.6 is 0 Å². The van der Waals surface area contributed by atoms with E-state index in [1.54, 1.807) is 44.2 Å². The topological polar surface area (TPSA) is 94.5 Å². The van der Waals surface area contributed by atoms with Crippen molar-refractivity contribution in [2.24, 2.45) is 5.92 Å². The highest BCUT2D eigenvalue weighted by atomic mass is 16.7. The van der Waals surface area contributed by atoms with Crippen molar-refractivity contribution in [2.45, 2.75) is 26.1 Å². The van der Waals surface area contributed by atoms with Crippen molar-refractivity contribution in [3.63, 3.8) is 0 Å². The molecule has 0 saturated carbocycles. The van der Waals surface area contributed by atoms with Gasteiger partial charge in [0.25, 0.3) is 0 Å². The number of rotatable bonds is 6. The highest BCUT2D eigenvalue weighted by molar-refractivity contribution is 5.90. The minimum atomic E-state index is -0.738. The molecule has 1 unspecified atom stereocenters. The third-order valence-electron chi connectivity index (χ3n) is 4.61.